The summed E-state index contributed by atoms with van der Waals surface area (Å²) in [5.74, 6) is 1.01. The second-order valence-corrected chi connectivity index (χ2v) is 7.60. The second kappa shape index (κ2) is 7.65. The fourth-order valence-electron chi connectivity index (χ4n) is 3.77. The quantitative estimate of drug-likeness (QED) is 0.885. The number of anilines is 1. The summed E-state index contributed by atoms with van der Waals surface area (Å²) in [6.45, 7) is 2.77. The Morgan fingerprint density at radius 1 is 1.28 bits per heavy atom. The van der Waals surface area contributed by atoms with Crippen molar-refractivity contribution in [1.29, 1.82) is 0 Å². The number of halogens is 1. The third kappa shape index (κ3) is 4.09. The van der Waals surface area contributed by atoms with Crippen molar-refractivity contribution in [3.05, 3.63) is 23.2 Å². The van der Waals surface area contributed by atoms with Crippen molar-refractivity contribution in [3.63, 3.8) is 0 Å². The Balaban J connectivity index is 1.61. The molecule has 2 aliphatic rings. The Morgan fingerprint density at radius 3 is 2.64 bits per heavy atom. The van der Waals surface area contributed by atoms with Gasteiger partial charge in [-0.15, -0.1) is 0 Å². The van der Waals surface area contributed by atoms with Crippen LogP contribution in [0.2, 0.25) is 5.02 Å². The fraction of sp³-hybridized carbons (Fsp3) is 0.579. The highest BCUT2D eigenvalue weighted by Crippen LogP contribution is 2.32. The van der Waals surface area contributed by atoms with Crippen LogP contribution in [0.5, 0.6) is 5.75 Å². The van der Waals surface area contributed by atoms with Gasteiger partial charge in [0.1, 0.15) is 5.75 Å². The maximum Gasteiger partial charge on any atom is 0.229 e. The highest BCUT2D eigenvalue weighted by Gasteiger charge is 2.38. The first kappa shape index (κ1) is 18.1. The number of hydrogen-bond acceptors (Lipinski definition) is 3. The van der Waals surface area contributed by atoms with E-state index in [0.717, 1.165) is 31.6 Å². The number of likely N-dealkylation sites (tertiary alicyclic amines) is 1. The van der Waals surface area contributed by atoms with E-state index >= 15 is 0 Å². The maximum absolute atomic E-state index is 12.6. The number of amides is 2. The molecule has 2 fully saturated rings. The van der Waals surface area contributed by atoms with Crippen molar-refractivity contribution < 1.29 is 14.3 Å². The smallest absolute Gasteiger partial charge is 0.229 e. The molecule has 0 radical (unpaired) electrons. The van der Waals surface area contributed by atoms with Gasteiger partial charge in [0, 0.05) is 25.1 Å². The molecule has 1 aliphatic carbocycles. The van der Waals surface area contributed by atoms with Crippen molar-refractivity contribution in [2.75, 3.05) is 19.0 Å². The Kier molecular flexibility index (Phi) is 5.52. The van der Waals surface area contributed by atoms with Crippen LogP contribution in [0.1, 0.15) is 39.0 Å². The molecule has 1 aliphatic heterocycles. The van der Waals surface area contributed by atoms with Crippen LogP contribution in [0.15, 0.2) is 18.2 Å². The van der Waals surface area contributed by atoms with E-state index in [1.54, 1.807) is 25.3 Å². The van der Waals surface area contributed by atoms with Gasteiger partial charge in [-0.3, -0.25) is 9.59 Å². The molecule has 1 atom stereocenters. The molecule has 5 nitrogen and oxygen atoms in total. The van der Waals surface area contributed by atoms with Gasteiger partial charge < -0.3 is 15.0 Å². The number of nitrogens with zero attached hydrogens (tertiary/aromatic N) is 1. The number of benzene rings is 1. The lowest BCUT2D eigenvalue weighted by Crippen LogP contribution is -2.39. The van der Waals surface area contributed by atoms with E-state index in [-0.39, 0.29) is 24.2 Å². The van der Waals surface area contributed by atoms with Gasteiger partial charge in [0.2, 0.25) is 11.8 Å². The summed E-state index contributed by atoms with van der Waals surface area (Å²) in [5.41, 5.74) is 0.546. The minimum absolute atomic E-state index is 0.0977. The Morgan fingerprint density at radius 2 is 2.00 bits per heavy atom. The van der Waals surface area contributed by atoms with Gasteiger partial charge in [0.15, 0.2) is 0 Å². The van der Waals surface area contributed by atoms with E-state index in [4.69, 9.17) is 16.3 Å². The molecule has 1 saturated heterocycles. The fourth-order valence-corrected chi connectivity index (χ4v) is 3.99. The maximum atomic E-state index is 12.6. The summed E-state index contributed by atoms with van der Waals surface area (Å²) in [7, 11) is 1.56. The molecule has 1 N–H and O–H groups in total. The molecule has 2 amide bonds. The highest BCUT2D eigenvalue weighted by atomic mass is 35.5. The first-order valence-corrected chi connectivity index (χ1v) is 9.29. The van der Waals surface area contributed by atoms with Gasteiger partial charge in [0.25, 0.3) is 0 Å². The number of carbonyl (C=O) groups excluding carboxylic acids is 2. The summed E-state index contributed by atoms with van der Waals surface area (Å²) in [5, 5.41) is 3.28. The first-order valence-electron chi connectivity index (χ1n) is 8.91. The van der Waals surface area contributed by atoms with E-state index in [1.165, 1.54) is 0 Å². The zero-order valence-electron chi connectivity index (χ0n) is 14.8. The van der Waals surface area contributed by atoms with Gasteiger partial charge in [-0.1, -0.05) is 18.5 Å². The molecule has 1 heterocycles. The number of methoxy groups -OCH3 is 1. The average molecular weight is 365 g/mol. The molecule has 25 heavy (non-hydrogen) atoms. The number of hydrogen-bond donors (Lipinski definition) is 1. The minimum atomic E-state index is -0.315. The minimum Gasteiger partial charge on any atom is -0.497 e. The topological polar surface area (TPSA) is 58.6 Å². The van der Waals surface area contributed by atoms with Crippen LogP contribution in [-0.2, 0) is 9.59 Å². The van der Waals surface area contributed by atoms with Crippen LogP contribution in [0, 0.1) is 11.8 Å². The second-order valence-electron chi connectivity index (χ2n) is 7.20. The molecule has 1 unspecified atom stereocenters. The lowest BCUT2D eigenvalue weighted by Gasteiger charge is -2.33. The predicted molar refractivity (Wildman–Crippen MR) is 97.9 cm³/mol. The van der Waals surface area contributed by atoms with Crippen LogP contribution in [-0.4, -0.2) is 36.4 Å². The van der Waals surface area contributed by atoms with Gasteiger partial charge in [-0.25, -0.2) is 0 Å². The average Bonchev–Trinajstić information content (AvgIpc) is 2.99. The van der Waals surface area contributed by atoms with Crippen LogP contribution in [0.3, 0.4) is 0 Å². The van der Waals surface area contributed by atoms with Gasteiger partial charge in [0.05, 0.1) is 23.7 Å². The third-order valence-corrected chi connectivity index (χ3v) is 5.70. The molecular weight excluding hydrogens is 340 g/mol. The number of carbonyl (C=O) groups is 2. The lowest BCUT2D eigenvalue weighted by atomic mass is 9.87. The van der Waals surface area contributed by atoms with Crippen LogP contribution < -0.4 is 10.1 Å². The normalized spacial score (nSPS) is 26.6. The molecule has 0 spiro atoms. The van der Waals surface area contributed by atoms with Crippen molar-refractivity contribution in [2.45, 2.75) is 45.1 Å². The van der Waals surface area contributed by atoms with Crippen molar-refractivity contribution in [2.24, 2.45) is 11.8 Å². The Labute approximate surface area is 153 Å². The largest absolute Gasteiger partial charge is 0.497 e. The van der Waals surface area contributed by atoms with Crippen LogP contribution >= 0.6 is 11.6 Å². The molecule has 1 aromatic carbocycles. The van der Waals surface area contributed by atoms with Crippen molar-refractivity contribution in [3.8, 4) is 5.75 Å². The standard InChI is InChI=1S/C19H25ClN2O3/c1-12-3-5-14(6-4-12)22-11-13(9-18(22)23)19(24)21-17-8-7-15(25-2)10-16(17)20/h7-8,10,12-14H,3-6,9,11H2,1-2H3,(H,21,24). The van der Waals surface area contributed by atoms with Crippen LogP contribution in [0.25, 0.3) is 0 Å². The molecular formula is C19H25ClN2O3. The summed E-state index contributed by atoms with van der Waals surface area (Å²) in [6, 6.07) is 5.42. The number of ether oxygens (including phenoxy) is 1. The van der Waals surface area contributed by atoms with E-state index in [1.807, 2.05) is 4.90 Å². The SMILES string of the molecule is COc1ccc(NC(=O)C2CC(=O)N(C3CCC(C)CC3)C2)c(Cl)c1. The Bertz CT molecular complexity index is 656. The Hall–Kier alpha value is -1.75. The molecule has 1 saturated carbocycles. The monoisotopic (exact) mass is 364 g/mol. The summed E-state index contributed by atoms with van der Waals surface area (Å²) in [6.07, 6.45) is 4.70. The predicted octanol–water partition coefficient (Wildman–Crippen LogP) is 3.71. The van der Waals surface area contributed by atoms with Gasteiger partial charge >= 0.3 is 0 Å². The van der Waals surface area contributed by atoms with E-state index < -0.39 is 0 Å². The van der Waals surface area contributed by atoms with Crippen LogP contribution in [0.4, 0.5) is 5.69 Å². The lowest BCUT2D eigenvalue weighted by molar-refractivity contribution is -0.130. The molecule has 0 aromatic heterocycles. The van der Waals surface area contributed by atoms with Crippen molar-refractivity contribution >= 4 is 29.1 Å². The molecule has 6 heteroatoms. The van der Waals surface area contributed by atoms with E-state index in [0.29, 0.717) is 29.0 Å². The molecule has 3 rings (SSSR count). The van der Waals surface area contributed by atoms with Gasteiger partial charge in [-0.2, -0.15) is 0 Å². The summed E-state index contributed by atoms with van der Waals surface area (Å²) >= 11 is 6.18. The first-order chi connectivity index (χ1) is 12.0. The number of nitrogens with one attached hydrogen (secondary N) is 1. The number of rotatable bonds is 4. The van der Waals surface area contributed by atoms with Gasteiger partial charge in [-0.05, 0) is 43.7 Å². The summed E-state index contributed by atoms with van der Waals surface area (Å²) < 4.78 is 5.11. The highest BCUT2D eigenvalue weighted by molar-refractivity contribution is 6.33. The van der Waals surface area contributed by atoms with E-state index in [2.05, 4.69) is 12.2 Å². The molecule has 136 valence electrons. The zero-order chi connectivity index (χ0) is 18.0. The zero-order valence-corrected chi connectivity index (χ0v) is 15.5. The third-order valence-electron chi connectivity index (χ3n) is 5.39. The summed E-state index contributed by atoms with van der Waals surface area (Å²) in [4.78, 5) is 26.9. The van der Waals surface area contributed by atoms with Crippen molar-refractivity contribution in [1.82, 2.24) is 4.90 Å². The van der Waals surface area contributed by atoms with E-state index in [9.17, 15) is 9.59 Å². The molecule has 1 aromatic rings. The molecule has 0 bridgehead atoms.